The number of sulfonamides is 1. The van der Waals surface area contributed by atoms with Crippen molar-refractivity contribution >= 4 is 10.0 Å². The zero-order chi connectivity index (χ0) is 15.7. The van der Waals surface area contributed by atoms with Gasteiger partial charge < -0.3 is 4.74 Å². The minimum atomic E-state index is -4.32. The van der Waals surface area contributed by atoms with Crippen molar-refractivity contribution in [1.82, 2.24) is 4.72 Å². The Kier molecular flexibility index (Phi) is 3.84. The van der Waals surface area contributed by atoms with Gasteiger partial charge in [-0.1, -0.05) is 24.3 Å². The lowest BCUT2D eigenvalue weighted by atomic mass is 10.0. The van der Waals surface area contributed by atoms with Gasteiger partial charge in [0.1, 0.15) is 17.4 Å². The maximum absolute atomic E-state index is 13.7. The van der Waals surface area contributed by atoms with Crippen molar-refractivity contribution in [3.8, 4) is 5.75 Å². The zero-order valence-corrected chi connectivity index (χ0v) is 12.2. The molecule has 1 unspecified atom stereocenters. The van der Waals surface area contributed by atoms with Crippen molar-refractivity contribution in [2.75, 3.05) is 6.61 Å². The lowest BCUT2D eigenvalue weighted by molar-refractivity contribution is 0.263. The highest BCUT2D eigenvalue weighted by Gasteiger charge is 2.30. The topological polar surface area (TPSA) is 55.4 Å². The number of hydrogen-bond acceptors (Lipinski definition) is 3. The SMILES string of the molecule is O=S(=O)(NC1CCOc2ccccc21)c1c(F)cccc1F. The first kappa shape index (κ1) is 14.9. The number of para-hydroxylation sites is 1. The first-order valence-corrected chi connectivity index (χ1v) is 8.15. The quantitative estimate of drug-likeness (QED) is 0.944. The summed E-state index contributed by atoms with van der Waals surface area (Å²) in [4.78, 5) is -0.959. The minimum Gasteiger partial charge on any atom is -0.493 e. The molecule has 0 aromatic heterocycles. The Morgan fingerprint density at radius 1 is 1.05 bits per heavy atom. The van der Waals surface area contributed by atoms with Gasteiger partial charge in [0.2, 0.25) is 10.0 Å². The second-order valence-electron chi connectivity index (χ2n) is 4.90. The third-order valence-corrected chi connectivity index (χ3v) is 4.97. The van der Waals surface area contributed by atoms with Crippen LogP contribution in [0.1, 0.15) is 18.0 Å². The first-order chi connectivity index (χ1) is 10.5. The monoisotopic (exact) mass is 325 g/mol. The van der Waals surface area contributed by atoms with Crippen molar-refractivity contribution in [1.29, 1.82) is 0 Å². The van der Waals surface area contributed by atoms with Crippen molar-refractivity contribution in [2.45, 2.75) is 17.4 Å². The van der Waals surface area contributed by atoms with Crippen LogP contribution in [-0.4, -0.2) is 15.0 Å². The highest BCUT2D eigenvalue weighted by Crippen LogP contribution is 2.33. The van der Waals surface area contributed by atoms with E-state index < -0.39 is 32.6 Å². The van der Waals surface area contributed by atoms with Gasteiger partial charge in [-0.25, -0.2) is 21.9 Å². The molecule has 0 radical (unpaired) electrons. The molecule has 0 bridgehead atoms. The number of hydrogen-bond donors (Lipinski definition) is 1. The smallest absolute Gasteiger partial charge is 0.246 e. The Hall–Kier alpha value is -1.99. The van der Waals surface area contributed by atoms with Crippen LogP contribution < -0.4 is 9.46 Å². The fraction of sp³-hybridized carbons (Fsp3) is 0.200. The van der Waals surface area contributed by atoms with E-state index in [1.54, 1.807) is 24.3 Å². The Morgan fingerprint density at radius 2 is 1.73 bits per heavy atom. The van der Waals surface area contributed by atoms with Gasteiger partial charge in [0, 0.05) is 12.0 Å². The molecule has 0 aliphatic carbocycles. The number of nitrogens with one attached hydrogen (secondary N) is 1. The number of halogens is 2. The molecule has 4 nitrogen and oxygen atoms in total. The summed E-state index contributed by atoms with van der Waals surface area (Å²) >= 11 is 0. The van der Waals surface area contributed by atoms with Crippen LogP contribution in [0.4, 0.5) is 8.78 Å². The summed E-state index contributed by atoms with van der Waals surface area (Å²) in [5.41, 5.74) is 0.647. The molecule has 0 saturated carbocycles. The van der Waals surface area contributed by atoms with E-state index in [9.17, 15) is 17.2 Å². The number of ether oxygens (including phenoxy) is 1. The number of fused-ring (bicyclic) bond motifs is 1. The average molecular weight is 325 g/mol. The molecule has 0 spiro atoms. The van der Waals surface area contributed by atoms with E-state index in [4.69, 9.17) is 4.74 Å². The molecule has 0 amide bonds. The molecular weight excluding hydrogens is 312 g/mol. The van der Waals surface area contributed by atoms with Crippen molar-refractivity contribution in [3.05, 3.63) is 59.7 Å². The first-order valence-electron chi connectivity index (χ1n) is 6.67. The van der Waals surface area contributed by atoms with Gasteiger partial charge in [-0.15, -0.1) is 0 Å². The highest BCUT2D eigenvalue weighted by molar-refractivity contribution is 7.89. The van der Waals surface area contributed by atoms with E-state index in [1.165, 1.54) is 0 Å². The van der Waals surface area contributed by atoms with Crippen molar-refractivity contribution < 1.29 is 21.9 Å². The van der Waals surface area contributed by atoms with Gasteiger partial charge in [0.05, 0.1) is 12.6 Å². The van der Waals surface area contributed by atoms with Crippen LogP contribution in [0.15, 0.2) is 47.4 Å². The maximum Gasteiger partial charge on any atom is 0.246 e. The fourth-order valence-corrected chi connectivity index (χ4v) is 3.84. The molecule has 1 heterocycles. The Bertz CT molecular complexity index is 788. The molecule has 1 aliphatic rings. The van der Waals surface area contributed by atoms with Gasteiger partial charge >= 0.3 is 0 Å². The highest BCUT2D eigenvalue weighted by atomic mass is 32.2. The molecule has 2 aromatic carbocycles. The van der Waals surface area contributed by atoms with Crippen LogP contribution in [0.5, 0.6) is 5.75 Å². The summed E-state index contributed by atoms with van der Waals surface area (Å²) in [5, 5.41) is 0. The molecule has 22 heavy (non-hydrogen) atoms. The van der Waals surface area contributed by atoms with E-state index in [0.29, 0.717) is 24.3 Å². The third kappa shape index (κ3) is 2.69. The van der Waals surface area contributed by atoms with Gasteiger partial charge in [-0.3, -0.25) is 0 Å². The van der Waals surface area contributed by atoms with E-state index in [1.807, 2.05) is 0 Å². The normalized spacial score (nSPS) is 17.6. The standard InChI is InChI=1S/C15H13F2NO3S/c16-11-5-3-6-12(17)15(11)22(19,20)18-13-8-9-21-14-7-2-1-4-10(13)14/h1-7,13,18H,8-9H2. The van der Waals surface area contributed by atoms with Crippen molar-refractivity contribution in [2.24, 2.45) is 0 Å². The van der Waals surface area contributed by atoms with Crippen molar-refractivity contribution in [3.63, 3.8) is 0 Å². The van der Waals surface area contributed by atoms with Gasteiger partial charge in [0.25, 0.3) is 0 Å². The molecule has 3 rings (SSSR count). The third-order valence-electron chi connectivity index (χ3n) is 3.44. The van der Waals surface area contributed by atoms with Crippen LogP contribution >= 0.6 is 0 Å². The van der Waals surface area contributed by atoms with E-state index in [-0.39, 0.29) is 0 Å². The second-order valence-corrected chi connectivity index (χ2v) is 6.55. The predicted molar refractivity (Wildman–Crippen MR) is 76.0 cm³/mol. The lowest BCUT2D eigenvalue weighted by Crippen LogP contribution is -2.33. The Balaban J connectivity index is 1.97. The van der Waals surface area contributed by atoms with Crippen LogP contribution in [0.2, 0.25) is 0 Å². The Labute approximate surface area is 126 Å². The second kappa shape index (κ2) is 5.66. The van der Waals surface area contributed by atoms with Gasteiger partial charge in [0.15, 0.2) is 4.90 Å². The molecule has 2 aromatic rings. The number of rotatable bonds is 3. The molecule has 1 atom stereocenters. The molecule has 7 heteroatoms. The largest absolute Gasteiger partial charge is 0.493 e. The van der Waals surface area contributed by atoms with Crippen LogP contribution in [-0.2, 0) is 10.0 Å². The molecule has 0 fully saturated rings. The lowest BCUT2D eigenvalue weighted by Gasteiger charge is -2.26. The molecule has 1 N–H and O–H groups in total. The zero-order valence-electron chi connectivity index (χ0n) is 11.4. The predicted octanol–water partition coefficient (Wildman–Crippen LogP) is 2.77. The summed E-state index contributed by atoms with van der Waals surface area (Å²) < 4.78 is 59.9. The maximum atomic E-state index is 13.7. The van der Waals surface area contributed by atoms with Gasteiger partial charge in [-0.05, 0) is 18.2 Å². The number of benzene rings is 2. The van der Waals surface area contributed by atoms with Crippen LogP contribution in [0.25, 0.3) is 0 Å². The van der Waals surface area contributed by atoms with E-state index >= 15 is 0 Å². The summed E-state index contributed by atoms with van der Waals surface area (Å²) in [6, 6.07) is 9.32. The van der Waals surface area contributed by atoms with Gasteiger partial charge in [-0.2, -0.15) is 0 Å². The molecule has 116 valence electrons. The molecule has 1 aliphatic heterocycles. The summed E-state index contributed by atoms with van der Waals surface area (Å²) in [5.74, 6) is -1.67. The van der Waals surface area contributed by atoms with Crippen LogP contribution in [0, 0.1) is 11.6 Å². The summed E-state index contributed by atoms with van der Waals surface area (Å²) in [7, 11) is -4.32. The van der Waals surface area contributed by atoms with Crippen LogP contribution in [0.3, 0.4) is 0 Å². The minimum absolute atomic E-state index is 0.323. The molecular formula is C15H13F2NO3S. The molecule has 0 saturated heterocycles. The average Bonchev–Trinajstić information content (AvgIpc) is 2.47. The Morgan fingerprint density at radius 3 is 2.45 bits per heavy atom. The van der Waals surface area contributed by atoms with E-state index in [2.05, 4.69) is 4.72 Å². The summed E-state index contributed by atoms with van der Waals surface area (Å²) in [6.07, 6.45) is 0.381. The van der Waals surface area contributed by atoms with E-state index in [0.717, 1.165) is 18.2 Å². The fourth-order valence-electron chi connectivity index (χ4n) is 2.45. The summed E-state index contributed by atoms with van der Waals surface area (Å²) in [6.45, 7) is 0.323.